The summed E-state index contributed by atoms with van der Waals surface area (Å²) in [4.78, 5) is 58.7. The van der Waals surface area contributed by atoms with Gasteiger partial charge in [0.1, 0.15) is 23.7 Å². The Balaban J connectivity index is 1.76. The van der Waals surface area contributed by atoms with Crippen molar-refractivity contribution < 1.29 is 33.8 Å². The van der Waals surface area contributed by atoms with Crippen LogP contribution in [0, 0.1) is 17.3 Å². The first-order chi connectivity index (χ1) is 20.2. The monoisotopic (exact) mass is 601 g/mol. The normalized spacial score (nSPS) is 32.7. The lowest BCUT2D eigenvalue weighted by molar-refractivity contribution is -0.159. The second-order valence-electron chi connectivity index (χ2n) is 14.4. The van der Waals surface area contributed by atoms with Crippen molar-refractivity contribution in [2.24, 2.45) is 17.3 Å². The number of carbonyl (C=O) groups is 4. The van der Waals surface area contributed by atoms with Gasteiger partial charge in [-0.1, -0.05) is 57.9 Å². The zero-order valence-corrected chi connectivity index (χ0v) is 26.8. The van der Waals surface area contributed by atoms with E-state index in [0.717, 1.165) is 12.8 Å². The average molecular weight is 602 g/mol. The Kier molecular flexibility index (Phi) is 10.1. The van der Waals surface area contributed by atoms with Crippen LogP contribution in [0.1, 0.15) is 86.5 Å². The fourth-order valence-corrected chi connectivity index (χ4v) is 7.56. The Morgan fingerprint density at radius 1 is 1.02 bits per heavy atom. The lowest BCUT2D eigenvalue weighted by atomic mass is 9.74. The van der Waals surface area contributed by atoms with Gasteiger partial charge in [-0.3, -0.25) is 19.2 Å². The smallest absolute Gasteiger partial charge is 0.313 e. The largest absolute Gasteiger partial charge is 0.460 e. The molecule has 6 atom stereocenters. The summed E-state index contributed by atoms with van der Waals surface area (Å²) >= 11 is 0. The van der Waals surface area contributed by atoms with Crippen LogP contribution in [0.15, 0.2) is 24.3 Å². The lowest BCUT2D eigenvalue weighted by Crippen LogP contribution is -2.60. The molecule has 0 aromatic rings. The Morgan fingerprint density at radius 2 is 1.74 bits per heavy atom. The van der Waals surface area contributed by atoms with Crippen molar-refractivity contribution in [1.29, 1.82) is 0 Å². The van der Waals surface area contributed by atoms with Crippen LogP contribution in [-0.4, -0.2) is 94.2 Å². The summed E-state index contributed by atoms with van der Waals surface area (Å²) in [6.45, 7) is 13.2. The summed E-state index contributed by atoms with van der Waals surface area (Å²) in [6.07, 6.45) is 10.7. The molecule has 0 saturated carbocycles. The van der Waals surface area contributed by atoms with Crippen LogP contribution >= 0.6 is 0 Å². The van der Waals surface area contributed by atoms with Crippen LogP contribution in [0.4, 0.5) is 0 Å². The van der Waals surface area contributed by atoms with Gasteiger partial charge in [0.25, 0.3) is 0 Å². The number of allylic oxidation sites excluding steroid dienone is 1. The molecule has 4 aliphatic rings. The first-order valence-corrected chi connectivity index (χ1v) is 15.9. The van der Waals surface area contributed by atoms with Crippen molar-refractivity contribution in [2.45, 2.75) is 116 Å². The number of ether oxygens (including phenoxy) is 2. The van der Waals surface area contributed by atoms with E-state index in [0.29, 0.717) is 38.8 Å². The number of hydrogen-bond donors (Lipinski definition) is 2. The van der Waals surface area contributed by atoms with Gasteiger partial charge in [-0.2, -0.15) is 0 Å². The SMILES string of the molecule is C[C@@H]1CNC(=O)CC/C=C\CN(C(C)(C)CC(C)(C)C)C(=O)[C@@H]2N(CCCCCCO)C(=O)[C@H]3[C@H](C(=O)O1)[C@@H]1C=C[C@]23O1. The summed E-state index contributed by atoms with van der Waals surface area (Å²) < 4.78 is 12.3. The van der Waals surface area contributed by atoms with Gasteiger partial charge in [-0.25, -0.2) is 0 Å². The molecule has 0 unspecified atom stereocenters. The van der Waals surface area contributed by atoms with Crippen molar-refractivity contribution in [1.82, 2.24) is 15.1 Å². The molecule has 10 nitrogen and oxygen atoms in total. The molecule has 0 aliphatic carbocycles. The number of hydrogen-bond acceptors (Lipinski definition) is 7. The number of likely N-dealkylation sites (tertiary alicyclic amines) is 1. The first kappa shape index (κ1) is 33.2. The van der Waals surface area contributed by atoms with Gasteiger partial charge >= 0.3 is 5.97 Å². The summed E-state index contributed by atoms with van der Waals surface area (Å²) in [5.41, 5.74) is -1.91. The number of nitrogens with one attached hydrogen (secondary N) is 1. The maximum Gasteiger partial charge on any atom is 0.313 e. The highest BCUT2D eigenvalue weighted by atomic mass is 16.6. The van der Waals surface area contributed by atoms with Crippen molar-refractivity contribution in [3.63, 3.8) is 0 Å². The zero-order valence-electron chi connectivity index (χ0n) is 26.8. The summed E-state index contributed by atoms with van der Waals surface area (Å²) in [6, 6.07) is -0.925. The van der Waals surface area contributed by atoms with E-state index < -0.39 is 47.2 Å². The number of esters is 1. The van der Waals surface area contributed by atoms with Crippen molar-refractivity contribution in [2.75, 3.05) is 26.2 Å². The minimum atomic E-state index is -1.27. The maximum atomic E-state index is 14.9. The molecule has 240 valence electrons. The fraction of sp³-hybridized carbons (Fsp3) is 0.758. The quantitative estimate of drug-likeness (QED) is 0.249. The van der Waals surface area contributed by atoms with Crippen molar-refractivity contribution >= 4 is 23.7 Å². The van der Waals surface area contributed by atoms with Gasteiger partial charge in [0, 0.05) is 31.7 Å². The Hall–Kier alpha value is -2.72. The summed E-state index contributed by atoms with van der Waals surface area (Å²) in [5, 5.41) is 12.0. The topological polar surface area (TPSA) is 125 Å². The third kappa shape index (κ3) is 7.00. The highest BCUT2D eigenvalue weighted by Gasteiger charge is 2.73. The number of unbranched alkanes of at least 4 members (excludes halogenated alkanes) is 3. The lowest BCUT2D eigenvalue weighted by Gasteiger charge is -2.45. The molecule has 4 heterocycles. The van der Waals surface area contributed by atoms with Gasteiger partial charge in [-0.15, -0.1) is 0 Å². The van der Waals surface area contributed by atoms with Gasteiger partial charge in [0.15, 0.2) is 0 Å². The number of nitrogens with zero attached hydrogens (tertiary/aromatic N) is 2. The molecule has 4 rings (SSSR count). The van der Waals surface area contributed by atoms with E-state index in [9.17, 15) is 24.3 Å². The van der Waals surface area contributed by atoms with Crippen LogP contribution in [0.3, 0.4) is 0 Å². The summed E-state index contributed by atoms with van der Waals surface area (Å²) in [7, 11) is 0. The molecular weight excluding hydrogens is 550 g/mol. The van der Waals surface area contributed by atoms with Crippen molar-refractivity contribution in [3.05, 3.63) is 24.3 Å². The number of aliphatic hydroxyl groups excluding tert-OH is 1. The molecule has 10 heteroatoms. The zero-order chi connectivity index (χ0) is 31.6. The standard InChI is InChI=1S/C33H51N3O7/c1-22-20-34-24(38)14-10-9-12-18-36(32(5,6)21-31(2,3)4)29(40)27-33-16-15-23(43-33)25(30(41)42-22)26(33)28(39)35(27)17-11-7-8-13-19-37/h9,12,15-16,22-23,25-27,37H,7-8,10-11,13-14,17-21H2,1-6H3,(H,34,38)/b12-9-/t22-,23+,25-,26-,27+,33-/m1/s1. The van der Waals surface area contributed by atoms with E-state index in [1.54, 1.807) is 17.9 Å². The van der Waals surface area contributed by atoms with Crippen LogP contribution in [0.25, 0.3) is 0 Å². The minimum absolute atomic E-state index is 0.0778. The van der Waals surface area contributed by atoms with Crippen molar-refractivity contribution in [3.8, 4) is 0 Å². The molecule has 0 aromatic heterocycles. The predicted octanol–water partition coefficient (Wildman–Crippen LogP) is 3.13. The molecule has 2 saturated heterocycles. The number of amides is 3. The first-order valence-electron chi connectivity index (χ1n) is 15.9. The van der Waals surface area contributed by atoms with E-state index in [1.807, 2.05) is 23.1 Å². The molecule has 43 heavy (non-hydrogen) atoms. The van der Waals surface area contributed by atoms with E-state index in [2.05, 4.69) is 39.9 Å². The van der Waals surface area contributed by atoms with Crippen LogP contribution in [-0.2, 0) is 28.7 Å². The highest BCUT2D eigenvalue weighted by molar-refractivity contribution is 5.99. The number of aliphatic hydroxyl groups is 1. The predicted molar refractivity (Wildman–Crippen MR) is 162 cm³/mol. The molecule has 1 spiro atoms. The fourth-order valence-electron chi connectivity index (χ4n) is 7.56. The number of carbonyl (C=O) groups excluding carboxylic acids is 4. The van der Waals surface area contributed by atoms with Crippen LogP contribution in [0.5, 0.6) is 0 Å². The number of rotatable bonds is 8. The van der Waals surface area contributed by atoms with Crippen LogP contribution in [0.2, 0.25) is 0 Å². The summed E-state index contributed by atoms with van der Waals surface area (Å²) in [5.74, 6) is -2.92. The van der Waals surface area contributed by atoms with E-state index in [-0.39, 0.29) is 42.7 Å². The average Bonchev–Trinajstić information content (AvgIpc) is 3.54. The molecular formula is C33H51N3O7. The van der Waals surface area contributed by atoms with Gasteiger partial charge in [0.05, 0.1) is 18.6 Å². The highest BCUT2D eigenvalue weighted by Crippen LogP contribution is 2.56. The second kappa shape index (κ2) is 13.1. The van der Waals surface area contributed by atoms with E-state index >= 15 is 0 Å². The molecule has 0 radical (unpaired) electrons. The number of cyclic esters (lactones) is 1. The number of fused-ring (bicyclic) bond motifs is 2. The maximum absolute atomic E-state index is 14.9. The van der Waals surface area contributed by atoms with Crippen LogP contribution < -0.4 is 5.32 Å². The minimum Gasteiger partial charge on any atom is -0.460 e. The molecule has 0 aromatic carbocycles. The van der Waals surface area contributed by atoms with Gasteiger partial charge in [0.2, 0.25) is 17.7 Å². The van der Waals surface area contributed by atoms with E-state index in [1.165, 1.54) is 0 Å². The molecule has 3 amide bonds. The van der Waals surface area contributed by atoms with Gasteiger partial charge < -0.3 is 29.7 Å². The van der Waals surface area contributed by atoms with E-state index in [4.69, 9.17) is 9.47 Å². The molecule has 5 bridgehead atoms. The third-order valence-electron chi connectivity index (χ3n) is 9.04. The Morgan fingerprint density at radius 3 is 2.44 bits per heavy atom. The third-order valence-corrected chi connectivity index (χ3v) is 9.04. The molecule has 2 N–H and O–H groups in total. The molecule has 2 fully saturated rings. The van der Waals surface area contributed by atoms with Gasteiger partial charge in [-0.05, 0) is 51.9 Å². The Bertz CT molecular complexity index is 1130. The second-order valence-corrected chi connectivity index (χ2v) is 14.4. The molecule has 4 aliphatic heterocycles. The Labute approximate surface area is 256 Å².